The molecule has 0 bridgehead atoms. The average molecular weight is 506 g/mol. The van der Waals surface area contributed by atoms with Crippen LogP contribution in [-0.4, -0.2) is 30.0 Å². The molecule has 2 aromatic carbocycles. The molecule has 6 nitrogen and oxygen atoms in total. The van der Waals surface area contributed by atoms with Crippen molar-refractivity contribution in [3.05, 3.63) is 84.3 Å². The van der Waals surface area contributed by atoms with E-state index in [9.17, 15) is 27.6 Å². The molecule has 0 amide bonds. The molecule has 3 rings (SSSR count). The van der Waals surface area contributed by atoms with E-state index in [-0.39, 0.29) is 28.1 Å². The second-order valence-electron chi connectivity index (χ2n) is 7.44. The van der Waals surface area contributed by atoms with Crippen LogP contribution in [0.4, 0.5) is 13.2 Å². The van der Waals surface area contributed by atoms with Gasteiger partial charge in [-0.05, 0) is 55.8 Å². The van der Waals surface area contributed by atoms with Crippen molar-refractivity contribution in [3.63, 3.8) is 0 Å². The summed E-state index contributed by atoms with van der Waals surface area (Å²) in [5, 5.41) is 0. The second kappa shape index (κ2) is 10.7. The number of methoxy groups -OCH3 is 1. The fourth-order valence-corrected chi connectivity index (χ4v) is 4.32. The summed E-state index contributed by atoms with van der Waals surface area (Å²) < 4.78 is 50.7. The Hall–Kier alpha value is -3.66. The van der Waals surface area contributed by atoms with Crippen molar-refractivity contribution < 1.29 is 32.2 Å². The Morgan fingerprint density at radius 3 is 2.37 bits per heavy atom. The van der Waals surface area contributed by atoms with Gasteiger partial charge in [-0.1, -0.05) is 12.1 Å². The van der Waals surface area contributed by atoms with E-state index < -0.39 is 23.3 Å². The van der Waals surface area contributed by atoms with E-state index in [1.165, 1.54) is 42.9 Å². The zero-order chi connectivity index (χ0) is 25.8. The van der Waals surface area contributed by atoms with Gasteiger partial charge in [0, 0.05) is 11.1 Å². The molecule has 10 heteroatoms. The summed E-state index contributed by atoms with van der Waals surface area (Å²) in [5.41, 5.74) is 0.103. The predicted molar refractivity (Wildman–Crippen MR) is 126 cm³/mol. The monoisotopic (exact) mass is 505 g/mol. The van der Waals surface area contributed by atoms with Crippen LogP contribution in [0.15, 0.2) is 47.3 Å². The van der Waals surface area contributed by atoms with Crippen LogP contribution in [0.25, 0.3) is 12.2 Å². The maximum absolute atomic E-state index is 13.3. The molecule has 0 unspecified atom stereocenters. The Labute approximate surface area is 202 Å². The van der Waals surface area contributed by atoms with E-state index >= 15 is 0 Å². The number of hydrogen-bond donors (Lipinski definition) is 0. The first-order chi connectivity index (χ1) is 16.5. The molecule has 0 saturated heterocycles. The van der Waals surface area contributed by atoms with Gasteiger partial charge in [-0.15, -0.1) is 11.3 Å². The van der Waals surface area contributed by atoms with Gasteiger partial charge in [0.2, 0.25) is 0 Å². The lowest BCUT2D eigenvalue weighted by Crippen LogP contribution is -2.32. The molecule has 0 fully saturated rings. The van der Waals surface area contributed by atoms with Crippen LogP contribution < -0.4 is 19.5 Å². The van der Waals surface area contributed by atoms with Crippen LogP contribution in [0.5, 0.6) is 5.75 Å². The molecule has 0 atom stereocenters. The lowest BCUT2D eigenvalue weighted by atomic mass is 10.1. The quantitative estimate of drug-likeness (QED) is 0.364. The van der Waals surface area contributed by atoms with E-state index in [2.05, 4.69) is 0 Å². The Morgan fingerprint density at radius 1 is 1.11 bits per heavy atom. The van der Waals surface area contributed by atoms with E-state index in [0.29, 0.717) is 22.4 Å². The molecule has 0 spiro atoms. The minimum atomic E-state index is -4.47. The van der Waals surface area contributed by atoms with Crippen LogP contribution >= 0.6 is 11.3 Å². The van der Waals surface area contributed by atoms with Crippen molar-refractivity contribution in [2.24, 2.45) is 0 Å². The van der Waals surface area contributed by atoms with Crippen molar-refractivity contribution in [1.82, 2.24) is 4.57 Å². The van der Waals surface area contributed by atoms with Gasteiger partial charge in [0.1, 0.15) is 10.4 Å². The third kappa shape index (κ3) is 6.27. The first-order valence-corrected chi connectivity index (χ1v) is 11.3. The number of rotatable bonds is 7. The van der Waals surface area contributed by atoms with Gasteiger partial charge in [0.15, 0.2) is 5.78 Å². The number of ether oxygens (including phenoxy) is 2. The van der Waals surface area contributed by atoms with Gasteiger partial charge in [-0.3, -0.25) is 14.2 Å². The molecule has 184 valence electrons. The van der Waals surface area contributed by atoms with Crippen molar-refractivity contribution >= 4 is 35.2 Å². The molecule has 0 aliphatic rings. The molecular formula is C25H22F3NO5S. The standard InChI is InChI=1S/C25H22F3NO5S/c1-4-34-23(31)13-22-29(14-18-12-17(15(2)30)7-10-20(18)33-3)24(32)21(35-22)11-16-5-8-19(9-6-16)25(26,27)28/h5-13H,4,14H2,1-3H3/b21-11-,22-13-. The number of esters is 1. The lowest BCUT2D eigenvalue weighted by Gasteiger charge is -2.10. The number of nitrogens with zero attached hydrogens (tertiary/aromatic N) is 1. The van der Waals surface area contributed by atoms with Crippen molar-refractivity contribution in [2.75, 3.05) is 13.7 Å². The van der Waals surface area contributed by atoms with Crippen LogP contribution in [0.3, 0.4) is 0 Å². The number of alkyl halides is 3. The highest BCUT2D eigenvalue weighted by atomic mass is 32.1. The largest absolute Gasteiger partial charge is 0.496 e. The van der Waals surface area contributed by atoms with Crippen molar-refractivity contribution in [2.45, 2.75) is 26.6 Å². The SMILES string of the molecule is CCOC(=O)/C=c1\s/c(=C\c2ccc(C(F)(F)F)cc2)c(=O)n1Cc1cc(C(C)=O)ccc1OC. The van der Waals surface area contributed by atoms with Gasteiger partial charge < -0.3 is 9.47 Å². The molecule has 0 N–H and O–H groups in total. The Balaban J connectivity index is 2.16. The van der Waals surface area contributed by atoms with E-state index in [4.69, 9.17) is 9.47 Å². The van der Waals surface area contributed by atoms with E-state index in [0.717, 1.165) is 23.5 Å². The fourth-order valence-electron chi connectivity index (χ4n) is 3.29. The number of benzene rings is 2. The first-order valence-electron chi connectivity index (χ1n) is 10.5. The van der Waals surface area contributed by atoms with Crippen LogP contribution in [0.1, 0.15) is 40.9 Å². The number of hydrogen-bond acceptors (Lipinski definition) is 6. The minimum Gasteiger partial charge on any atom is -0.496 e. The summed E-state index contributed by atoms with van der Waals surface area (Å²) in [7, 11) is 1.46. The van der Waals surface area contributed by atoms with Crippen molar-refractivity contribution in [3.8, 4) is 5.75 Å². The van der Waals surface area contributed by atoms with Crippen LogP contribution in [0, 0.1) is 0 Å². The van der Waals surface area contributed by atoms with Gasteiger partial charge >= 0.3 is 12.1 Å². The fraction of sp³-hybridized carbons (Fsp3) is 0.240. The Bertz CT molecular complexity index is 1420. The molecule has 0 saturated carbocycles. The molecule has 35 heavy (non-hydrogen) atoms. The normalized spacial score (nSPS) is 12.6. The summed E-state index contributed by atoms with van der Waals surface area (Å²) in [4.78, 5) is 37.2. The first kappa shape index (κ1) is 26.0. The molecule has 3 aromatic rings. The smallest absolute Gasteiger partial charge is 0.416 e. The highest BCUT2D eigenvalue weighted by molar-refractivity contribution is 7.07. The number of thiazole rings is 1. The van der Waals surface area contributed by atoms with Gasteiger partial charge in [-0.2, -0.15) is 13.2 Å². The topological polar surface area (TPSA) is 74.6 Å². The highest BCUT2D eigenvalue weighted by Crippen LogP contribution is 2.29. The maximum atomic E-state index is 13.3. The minimum absolute atomic E-state index is 0.00822. The Kier molecular flexibility index (Phi) is 7.96. The van der Waals surface area contributed by atoms with Crippen molar-refractivity contribution in [1.29, 1.82) is 0 Å². The molecule has 1 heterocycles. The molecule has 0 radical (unpaired) electrons. The summed E-state index contributed by atoms with van der Waals surface area (Å²) in [6, 6.07) is 9.23. The number of aromatic nitrogens is 1. The summed E-state index contributed by atoms with van der Waals surface area (Å²) in [6.45, 7) is 3.20. The van der Waals surface area contributed by atoms with E-state index in [1.807, 2.05) is 0 Å². The Morgan fingerprint density at radius 2 is 1.80 bits per heavy atom. The third-order valence-electron chi connectivity index (χ3n) is 5.02. The van der Waals surface area contributed by atoms with E-state index in [1.54, 1.807) is 25.1 Å². The zero-order valence-electron chi connectivity index (χ0n) is 19.1. The summed E-state index contributed by atoms with van der Waals surface area (Å²) in [5.74, 6) is -0.363. The molecule has 0 aliphatic heterocycles. The maximum Gasteiger partial charge on any atom is 0.416 e. The molecular weight excluding hydrogens is 483 g/mol. The van der Waals surface area contributed by atoms with Gasteiger partial charge in [-0.25, -0.2) is 4.79 Å². The van der Waals surface area contributed by atoms with Gasteiger partial charge in [0.05, 0.1) is 36.4 Å². The van der Waals surface area contributed by atoms with Crippen LogP contribution in [-0.2, 0) is 22.3 Å². The molecule has 0 aliphatic carbocycles. The average Bonchev–Trinajstić information content (AvgIpc) is 3.07. The molecule has 1 aromatic heterocycles. The van der Waals surface area contributed by atoms with Crippen LogP contribution in [0.2, 0.25) is 0 Å². The highest BCUT2D eigenvalue weighted by Gasteiger charge is 2.29. The second-order valence-corrected chi connectivity index (χ2v) is 8.50. The number of carbonyl (C=O) groups is 2. The van der Waals surface area contributed by atoms with Gasteiger partial charge in [0.25, 0.3) is 5.56 Å². The summed E-state index contributed by atoms with van der Waals surface area (Å²) >= 11 is 0.997. The lowest BCUT2D eigenvalue weighted by molar-refractivity contribution is -0.137. The third-order valence-corrected chi connectivity index (χ3v) is 6.08. The number of Topliss-reactive ketones (excluding diaryl/α,β-unsaturated/α-hetero) is 1. The number of carbonyl (C=O) groups excluding carboxylic acids is 2. The summed E-state index contributed by atoms with van der Waals surface area (Å²) in [6.07, 6.45) is -1.83. The predicted octanol–water partition coefficient (Wildman–Crippen LogP) is 3.36. The number of halogens is 3. The zero-order valence-corrected chi connectivity index (χ0v) is 20.0. The number of ketones is 1.